The first-order chi connectivity index (χ1) is 17.0. The first kappa shape index (κ1) is 26.3. The van der Waals surface area contributed by atoms with Crippen LogP contribution < -0.4 is 20.7 Å². The molecular weight excluding hydrogens is 482 g/mol. The van der Waals surface area contributed by atoms with Crippen molar-refractivity contribution in [3.05, 3.63) is 40.2 Å². The molecule has 1 saturated heterocycles. The van der Waals surface area contributed by atoms with Crippen LogP contribution >= 0.6 is 11.6 Å². The normalized spacial score (nSPS) is 18.4. The number of nitrogens with one attached hydrogen (secondary N) is 1. The average Bonchev–Trinajstić information content (AvgIpc) is 2.76. The number of ketones is 1. The van der Waals surface area contributed by atoms with Gasteiger partial charge in [0.2, 0.25) is 0 Å². The number of carbonyl (C=O) groups is 1. The van der Waals surface area contributed by atoms with E-state index in [9.17, 15) is 15.0 Å². The minimum absolute atomic E-state index is 0.110. The molecule has 5 N–H and O–H groups in total. The summed E-state index contributed by atoms with van der Waals surface area (Å²) in [5.74, 6) is 1.40. The summed E-state index contributed by atoms with van der Waals surface area (Å²) < 4.78 is 5.76. The van der Waals surface area contributed by atoms with Gasteiger partial charge in [-0.15, -0.1) is 0 Å². The number of hydrogen-bond donors (Lipinski definition) is 4. The maximum Gasteiger partial charge on any atom is 0.163 e. The van der Waals surface area contributed by atoms with Gasteiger partial charge in [-0.3, -0.25) is 4.79 Å². The van der Waals surface area contributed by atoms with Crippen LogP contribution in [0, 0.1) is 12.3 Å². The predicted octanol–water partition coefficient (Wildman–Crippen LogP) is 2.30. The highest BCUT2D eigenvalue weighted by Crippen LogP contribution is 2.50. The average molecular weight is 516 g/mol. The lowest BCUT2D eigenvalue weighted by atomic mass is 9.62. The molecule has 194 valence electrons. The molecule has 0 unspecified atom stereocenters. The number of benzene rings is 1. The van der Waals surface area contributed by atoms with Crippen LogP contribution in [0.25, 0.3) is 17.0 Å². The van der Waals surface area contributed by atoms with E-state index in [0.717, 1.165) is 31.5 Å². The second kappa shape index (κ2) is 10.3. The Balaban J connectivity index is 1.75. The third kappa shape index (κ3) is 5.20. The van der Waals surface area contributed by atoms with Crippen molar-refractivity contribution in [2.24, 2.45) is 11.1 Å². The third-order valence-corrected chi connectivity index (χ3v) is 7.18. The minimum Gasteiger partial charge on any atom is -0.491 e. The maximum absolute atomic E-state index is 12.6. The zero-order valence-corrected chi connectivity index (χ0v) is 21.9. The molecule has 0 radical (unpaired) electrons. The van der Waals surface area contributed by atoms with E-state index in [0.29, 0.717) is 51.5 Å². The summed E-state index contributed by atoms with van der Waals surface area (Å²) in [5, 5.41) is 23.1. The van der Waals surface area contributed by atoms with Crippen LogP contribution in [0.5, 0.6) is 5.75 Å². The summed E-state index contributed by atoms with van der Waals surface area (Å²) in [6.07, 6.45) is 0.685. The van der Waals surface area contributed by atoms with Gasteiger partial charge in [0.25, 0.3) is 0 Å². The van der Waals surface area contributed by atoms with Gasteiger partial charge in [0.05, 0.1) is 22.4 Å². The fourth-order valence-corrected chi connectivity index (χ4v) is 5.37. The van der Waals surface area contributed by atoms with Crippen molar-refractivity contribution in [1.29, 1.82) is 0 Å². The van der Waals surface area contributed by atoms with Gasteiger partial charge in [0.15, 0.2) is 11.6 Å². The first-order valence-corrected chi connectivity index (χ1v) is 12.5. The van der Waals surface area contributed by atoms with Crippen LogP contribution in [-0.4, -0.2) is 71.5 Å². The van der Waals surface area contributed by atoms with Gasteiger partial charge in [0.1, 0.15) is 24.3 Å². The number of ether oxygens (including phenoxy) is 1. The molecule has 36 heavy (non-hydrogen) atoms. The fourth-order valence-electron chi connectivity index (χ4n) is 5.17. The smallest absolute Gasteiger partial charge is 0.163 e. The number of nitrogens with zero attached hydrogens (tertiary/aromatic N) is 3. The number of aliphatic hydroxyl groups is 2. The Kier molecular flexibility index (Phi) is 7.56. The number of aliphatic hydroxyl groups excluding tert-OH is 2. The van der Waals surface area contributed by atoms with Crippen molar-refractivity contribution in [3.8, 4) is 17.1 Å². The molecule has 1 aromatic carbocycles. The van der Waals surface area contributed by atoms with Gasteiger partial charge in [-0.2, -0.15) is 0 Å². The Morgan fingerprint density at radius 2 is 2.03 bits per heavy atom. The van der Waals surface area contributed by atoms with E-state index in [4.69, 9.17) is 32.0 Å². The number of aromatic nitrogens is 2. The summed E-state index contributed by atoms with van der Waals surface area (Å²) >= 11 is 6.57. The number of hydrogen-bond acceptors (Lipinski definition) is 9. The van der Waals surface area contributed by atoms with Gasteiger partial charge in [0, 0.05) is 41.9 Å². The van der Waals surface area contributed by atoms with Crippen molar-refractivity contribution >= 4 is 28.8 Å². The summed E-state index contributed by atoms with van der Waals surface area (Å²) in [4.78, 5) is 24.3. The highest BCUT2D eigenvalue weighted by atomic mass is 35.5. The highest BCUT2D eigenvalue weighted by Gasteiger charge is 2.52. The molecule has 1 aliphatic carbocycles. The quantitative estimate of drug-likeness (QED) is 0.371. The standard InChI is InChI=1S/C26H34ClN5O4/c1-14-23(22(15(2)28)16(3)33)30-24(31-25(14)32-12-26(13-32)8-17(34)9-26)20-7-19(5-6-21(20)27)36-11-18(35)10-29-4/h5-7,17-18,29,34-35H,8-13,28H2,1-4H3/t18-/m1/s1. The number of halogens is 1. The SMILES string of the molecule is CNC[C@@H](O)COc1ccc(Cl)c(-c2nc(C(C(C)=O)=C(C)N)c(C)c(N3CC4(CC(O)C4)C3)n2)c1. The lowest BCUT2D eigenvalue weighted by Gasteiger charge is -2.58. The molecule has 0 bridgehead atoms. The van der Waals surface area contributed by atoms with Crippen molar-refractivity contribution in [3.63, 3.8) is 0 Å². The number of Topliss-reactive ketones (excluding diaryl/α,β-unsaturated/α-hetero) is 1. The van der Waals surface area contributed by atoms with Crippen LogP contribution in [0.1, 0.15) is 37.9 Å². The van der Waals surface area contributed by atoms with Crippen LogP contribution in [0.4, 0.5) is 5.82 Å². The zero-order chi connectivity index (χ0) is 26.2. The summed E-state index contributed by atoms with van der Waals surface area (Å²) in [6, 6.07) is 5.16. The van der Waals surface area contributed by atoms with Crippen LogP contribution in [-0.2, 0) is 4.79 Å². The first-order valence-electron chi connectivity index (χ1n) is 12.1. The van der Waals surface area contributed by atoms with Gasteiger partial charge in [-0.1, -0.05) is 11.6 Å². The van der Waals surface area contributed by atoms with Crippen molar-refractivity contribution in [1.82, 2.24) is 15.3 Å². The molecule has 2 aliphatic rings. The minimum atomic E-state index is -0.664. The van der Waals surface area contributed by atoms with Crippen molar-refractivity contribution in [2.45, 2.75) is 45.8 Å². The number of likely N-dealkylation sites (N-methyl/N-ethyl adjacent to an activating group) is 1. The summed E-state index contributed by atoms with van der Waals surface area (Å²) in [5.41, 5.74) is 8.76. The lowest BCUT2D eigenvalue weighted by molar-refractivity contribution is -0.111. The highest BCUT2D eigenvalue weighted by molar-refractivity contribution is 6.33. The molecular formula is C26H34ClN5O4. The Bertz CT molecular complexity index is 1180. The van der Waals surface area contributed by atoms with E-state index in [2.05, 4.69) is 10.2 Å². The second-order valence-corrected chi connectivity index (χ2v) is 10.4. The van der Waals surface area contributed by atoms with Crippen LogP contribution in [0.3, 0.4) is 0 Å². The van der Waals surface area contributed by atoms with Gasteiger partial charge in [-0.25, -0.2) is 9.97 Å². The molecule has 10 heteroatoms. The van der Waals surface area contributed by atoms with E-state index < -0.39 is 6.10 Å². The van der Waals surface area contributed by atoms with E-state index >= 15 is 0 Å². The number of nitrogens with two attached hydrogens (primary N) is 1. The Hall–Kier alpha value is -2.72. The lowest BCUT2D eigenvalue weighted by Crippen LogP contribution is -2.64. The number of allylic oxidation sites excluding steroid dienone is 2. The van der Waals surface area contributed by atoms with Crippen molar-refractivity contribution < 1.29 is 19.7 Å². The number of rotatable bonds is 9. The number of carbonyl (C=O) groups excluding carboxylic acids is 1. The monoisotopic (exact) mass is 515 g/mol. The van der Waals surface area contributed by atoms with E-state index in [1.807, 2.05) is 6.92 Å². The Labute approximate surface area is 216 Å². The maximum atomic E-state index is 12.6. The molecule has 2 fully saturated rings. The molecule has 1 aliphatic heterocycles. The second-order valence-electron chi connectivity index (χ2n) is 10.0. The predicted molar refractivity (Wildman–Crippen MR) is 140 cm³/mol. The number of anilines is 1. The third-order valence-electron chi connectivity index (χ3n) is 6.85. The van der Waals surface area contributed by atoms with Crippen LogP contribution in [0.15, 0.2) is 23.9 Å². The molecule has 1 saturated carbocycles. The molecule has 1 spiro atoms. The molecule has 2 aromatic rings. The molecule has 9 nitrogen and oxygen atoms in total. The zero-order valence-electron chi connectivity index (χ0n) is 21.1. The fraction of sp³-hybridized carbons (Fsp3) is 0.500. The summed E-state index contributed by atoms with van der Waals surface area (Å²) in [7, 11) is 1.76. The molecule has 1 atom stereocenters. The topological polar surface area (TPSA) is 134 Å². The largest absolute Gasteiger partial charge is 0.491 e. The van der Waals surface area contributed by atoms with Gasteiger partial charge < -0.3 is 30.9 Å². The van der Waals surface area contributed by atoms with Crippen molar-refractivity contribution in [2.75, 3.05) is 38.2 Å². The van der Waals surface area contributed by atoms with E-state index in [1.54, 1.807) is 32.2 Å². The molecule has 4 rings (SSSR count). The molecule has 0 amide bonds. The molecule has 1 aromatic heterocycles. The Morgan fingerprint density at radius 1 is 1.33 bits per heavy atom. The van der Waals surface area contributed by atoms with Gasteiger partial charge >= 0.3 is 0 Å². The molecule has 2 heterocycles. The van der Waals surface area contributed by atoms with Crippen LogP contribution in [0.2, 0.25) is 5.02 Å². The van der Waals surface area contributed by atoms with E-state index in [1.165, 1.54) is 6.92 Å². The van der Waals surface area contributed by atoms with E-state index in [-0.39, 0.29) is 23.9 Å². The van der Waals surface area contributed by atoms with Gasteiger partial charge in [-0.05, 0) is 58.9 Å². The Morgan fingerprint density at radius 3 is 2.61 bits per heavy atom. The summed E-state index contributed by atoms with van der Waals surface area (Å²) in [6.45, 7) is 7.12.